The SMILES string of the molecule is Cl.O=C(Cn1nnc(-c2ccccc2)n1)N1CCNCC1c1ccccc1Cl. The molecule has 1 unspecified atom stereocenters. The minimum Gasteiger partial charge on any atom is -0.331 e. The molecule has 1 aliphatic rings. The molecule has 1 aliphatic heterocycles. The number of tetrazole rings is 1. The molecule has 0 aliphatic carbocycles. The maximum Gasteiger partial charge on any atom is 0.246 e. The van der Waals surface area contributed by atoms with Gasteiger partial charge >= 0.3 is 0 Å². The molecule has 0 bridgehead atoms. The molecule has 3 aromatic rings. The molecule has 28 heavy (non-hydrogen) atoms. The van der Waals surface area contributed by atoms with Gasteiger partial charge in [0.1, 0.15) is 6.54 Å². The number of aromatic nitrogens is 4. The van der Waals surface area contributed by atoms with Gasteiger partial charge in [-0.05, 0) is 16.8 Å². The first-order chi connectivity index (χ1) is 13.2. The molecular weight excluding hydrogens is 399 g/mol. The minimum absolute atomic E-state index is 0. The maximum atomic E-state index is 12.9. The summed E-state index contributed by atoms with van der Waals surface area (Å²) in [6, 6.07) is 17.1. The Morgan fingerprint density at radius 2 is 1.89 bits per heavy atom. The van der Waals surface area contributed by atoms with E-state index in [1.807, 2.05) is 59.5 Å². The van der Waals surface area contributed by atoms with Crippen LogP contribution >= 0.6 is 24.0 Å². The fourth-order valence-corrected chi connectivity index (χ4v) is 3.51. The number of carbonyl (C=O) groups excluding carboxylic acids is 1. The molecule has 4 rings (SSSR count). The zero-order valence-electron chi connectivity index (χ0n) is 15.0. The normalized spacial score (nSPS) is 16.5. The van der Waals surface area contributed by atoms with Crippen LogP contribution in [0.3, 0.4) is 0 Å². The Balaban J connectivity index is 0.00000225. The van der Waals surface area contributed by atoms with E-state index in [0.29, 0.717) is 23.9 Å². The molecule has 2 aromatic carbocycles. The second kappa shape index (κ2) is 9.14. The van der Waals surface area contributed by atoms with E-state index >= 15 is 0 Å². The number of benzene rings is 2. The third kappa shape index (κ3) is 4.32. The molecule has 1 aromatic heterocycles. The van der Waals surface area contributed by atoms with Crippen molar-refractivity contribution in [1.29, 1.82) is 0 Å². The molecule has 0 spiro atoms. The molecule has 1 N–H and O–H groups in total. The second-order valence-corrected chi connectivity index (χ2v) is 6.75. The summed E-state index contributed by atoms with van der Waals surface area (Å²) < 4.78 is 0. The molecule has 1 fully saturated rings. The van der Waals surface area contributed by atoms with Crippen LogP contribution in [0.2, 0.25) is 5.02 Å². The highest BCUT2D eigenvalue weighted by Crippen LogP contribution is 2.28. The van der Waals surface area contributed by atoms with Crippen LogP contribution in [0.1, 0.15) is 11.6 Å². The van der Waals surface area contributed by atoms with Crippen LogP contribution in [-0.4, -0.2) is 50.6 Å². The zero-order chi connectivity index (χ0) is 18.6. The van der Waals surface area contributed by atoms with Gasteiger partial charge in [0.2, 0.25) is 11.7 Å². The Morgan fingerprint density at radius 3 is 2.68 bits per heavy atom. The average Bonchev–Trinajstić information content (AvgIpc) is 3.17. The van der Waals surface area contributed by atoms with Crippen LogP contribution in [0.25, 0.3) is 11.4 Å². The first-order valence-corrected chi connectivity index (χ1v) is 9.18. The molecule has 1 saturated heterocycles. The van der Waals surface area contributed by atoms with E-state index in [-0.39, 0.29) is 30.9 Å². The van der Waals surface area contributed by atoms with Crippen molar-refractivity contribution in [1.82, 2.24) is 30.4 Å². The van der Waals surface area contributed by atoms with Crippen molar-refractivity contribution >= 4 is 29.9 Å². The van der Waals surface area contributed by atoms with Gasteiger partial charge in [0.15, 0.2) is 0 Å². The summed E-state index contributed by atoms with van der Waals surface area (Å²) >= 11 is 6.35. The monoisotopic (exact) mass is 418 g/mol. The molecule has 1 atom stereocenters. The highest BCUT2D eigenvalue weighted by atomic mass is 35.5. The van der Waals surface area contributed by atoms with E-state index in [1.165, 1.54) is 4.80 Å². The van der Waals surface area contributed by atoms with E-state index < -0.39 is 0 Å². The van der Waals surface area contributed by atoms with Crippen LogP contribution in [0.5, 0.6) is 0 Å². The van der Waals surface area contributed by atoms with Gasteiger partial charge in [-0.3, -0.25) is 4.79 Å². The van der Waals surface area contributed by atoms with Crippen LogP contribution in [-0.2, 0) is 11.3 Å². The standard InChI is InChI=1S/C19H19ClN6O.ClH/c20-16-9-5-4-8-15(16)17-12-21-10-11-25(17)18(27)13-26-23-19(22-24-26)14-6-2-1-3-7-14;/h1-9,17,21H,10-13H2;1H. The van der Waals surface area contributed by atoms with Crippen molar-refractivity contribution in [3.63, 3.8) is 0 Å². The van der Waals surface area contributed by atoms with Gasteiger partial charge < -0.3 is 10.2 Å². The summed E-state index contributed by atoms with van der Waals surface area (Å²) in [7, 11) is 0. The predicted molar refractivity (Wildman–Crippen MR) is 109 cm³/mol. The van der Waals surface area contributed by atoms with E-state index in [0.717, 1.165) is 17.7 Å². The number of nitrogens with one attached hydrogen (secondary N) is 1. The summed E-state index contributed by atoms with van der Waals surface area (Å²) in [6.45, 7) is 2.05. The lowest BCUT2D eigenvalue weighted by molar-refractivity contribution is -0.135. The second-order valence-electron chi connectivity index (χ2n) is 6.34. The highest BCUT2D eigenvalue weighted by Gasteiger charge is 2.29. The van der Waals surface area contributed by atoms with Gasteiger partial charge in [-0.1, -0.05) is 60.1 Å². The van der Waals surface area contributed by atoms with Crippen LogP contribution in [0.15, 0.2) is 54.6 Å². The lowest BCUT2D eigenvalue weighted by Crippen LogP contribution is -2.49. The molecule has 2 heterocycles. The van der Waals surface area contributed by atoms with Gasteiger partial charge in [0, 0.05) is 30.2 Å². The summed E-state index contributed by atoms with van der Waals surface area (Å²) in [4.78, 5) is 16.1. The molecule has 9 heteroatoms. The number of piperazine rings is 1. The van der Waals surface area contributed by atoms with Gasteiger partial charge in [-0.2, -0.15) is 4.80 Å². The maximum absolute atomic E-state index is 12.9. The summed E-state index contributed by atoms with van der Waals surface area (Å²) in [5.74, 6) is 0.449. The largest absolute Gasteiger partial charge is 0.331 e. The summed E-state index contributed by atoms with van der Waals surface area (Å²) in [6.07, 6.45) is 0. The van der Waals surface area contributed by atoms with Crippen LogP contribution in [0, 0.1) is 0 Å². The van der Waals surface area contributed by atoms with Gasteiger partial charge in [0.25, 0.3) is 0 Å². The highest BCUT2D eigenvalue weighted by molar-refractivity contribution is 6.31. The molecule has 146 valence electrons. The fourth-order valence-electron chi connectivity index (χ4n) is 3.25. The van der Waals surface area contributed by atoms with Gasteiger partial charge in [-0.15, -0.1) is 22.6 Å². The quantitative estimate of drug-likeness (QED) is 0.704. The van der Waals surface area contributed by atoms with Gasteiger partial charge in [0.05, 0.1) is 6.04 Å². The number of carbonyl (C=O) groups is 1. The first-order valence-electron chi connectivity index (χ1n) is 8.80. The van der Waals surface area contributed by atoms with E-state index in [1.54, 1.807) is 0 Å². The lowest BCUT2D eigenvalue weighted by Gasteiger charge is -2.36. The summed E-state index contributed by atoms with van der Waals surface area (Å²) in [5, 5.41) is 16.4. The number of hydrogen-bond acceptors (Lipinski definition) is 5. The molecule has 7 nitrogen and oxygen atoms in total. The molecule has 0 saturated carbocycles. The van der Waals surface area contributed by atoms with E-state index in [2.05, 4.69) is 20.7 Å². The first kappa shape index (κ1) is 20.3. The Bertz CT molecular complexity index is 933. The van der Waals surface area contributed by atoms with Crippen molar-refractivity contribution in [2.75, 3.05) is 19.6 Å². The number of hydrogen-bond donors (Lipinski definition) is 1. The number of nitrogens with zero attached hydrogens (tertiary/aromatic N) is 5. The Hall–Kier alpha value is -2.48. The van der Waals surface area contributed by atoms with E-state index in [9.17, 15) is 4.79 Å². The zero-order valence-corrected chi connectivity index (χ0v) is 16.6. The third-order valence-corrected chi connectivity index (χ3v) is 4.93. The Kier molecular flexibility index (Phi) is 6.61. The molecule has 0 radical (unpaired) electrons. The lowest BCUT2D eigenvalue weighted by atomic mass is 10.0. The van der Waals surface area contributed by atoms with Crippen molar-refractivity contribution in [3.8, 4) is 11.4 Å². The fraction of sp³-hybridized carbons (Fsp3) is 0.263. The number of halogens is 2. The average molecular weight is 419 g/mol. The summed E-state index contributed by atoms with van der Waals surface area (Å²) in [5.41, 5.74) is 1.81. The number of amides is 1. The molecule has 1 amide bonds. The van der Waals surface area contributed by atoms with Crippen molar-refractivity contribution in [2.24, 2.45) is 0 Å². The van der Waals surface area contributed by atoms with Gasteiger partial charge in [-0.25, -0.2) is 0 Å². The Labute approximate surface area is 174 Å². The predicted octanol–water partition coefficient (Wildman–Crippen LogP) is 2.59. The molecular formula is C19H20Cl2N6O. The van der Waals surface area contributed by atoms with Crippen LogP contribution in [0.4, 0.5) is 0 Å². The topological polar surface area (TPSA) is 75.9 Å². The smallest absolute Gasteiger partial charge is 0.246 e. The van der Waals surface area contributed by atoms with Crippen molar-refractivity contribution in [2.45, 2.75) is 12.6 Å². The van der Waals surface area contributed by atoms with E-state index in [4.69, 9.17) is 11.6 Å². The minimum atomic E-state index is -0.114. The van der Waals surface area contributed by atoms with Crippen molar-refractivity contribution < 1.29 is 4.79 Å². The van der Waals surface area contributed by atoms with Crippen LogP contribution < -0.4 is 5.32 Å². The number of rotatable bonds is 4. The Morgan fingerprint density at radius 1 is 1.14 bits per heavy atom. The third-order valence-electron chi connectivity index (χ3n) is 4.59. The van der Waals surface area contributed by atoms with Crippen molar-refractivity contribution in [3.05, 3.63) is 65.2 Å².